The molecule has 0 bridgehead atoms. The van der Waals surface area contributed by atoms with Gasteiger partial charge in [0, 0.05) is 13.2 Å². The van der Waals surface area contributed by atoms with Crippen LogP contribution in [0.2, 0.25) is 0 Å². The highest BCUT2D eigenvalue weighted by atomic mass is 16.6. The molecule has 5 atom stereocenters. The molecule has 4 N–H and O–H groups in total. The van der Waals surface area contributed by atoms with Crippen molar-refractivity contribution in [3.05, 3.63) is 12.7 Å². The van der Waals surface area contributed by atoms with Crippen molar-refractivity contribution in [3.8, 4) is 0 Å². The van der Waals surface area contributed by atoms with Crippen LogP contribution in [-0.4, -0.2) is 86.5 Å². The number of unbranched alkanes of at least 4 members (excludes halogenated alkanes) is 1. The highest BCUT2D eigenvalue weighted by molar-refractivity contribution is 5.82. The maximum atomic E-state index is 11.7. The molecule has 0 aliphatic carbocycles. The normalized spacial score (nSPS) is 28.2. The zero-order valence-corrected chi connectivity index (χ0v) is 17.3. The summed E-state index contributed by atoms with van der Waals surface area (Å²) in [6.45, 7) is 3.63. The fraction of sp³-hybridized carbons (Fsp3) is 0.684. The summed E-state index contributed by atoms with van der Waals surface area (Å²) in [7, 11) is 0. The molecular formula is C19H28N6O6. The number of hydrogen-bond donors (Lipinski definition) is 4. The van der Waals surface area contributed by atoms with Crippen LogP contribution in [0.25, 0.3) is 11.2 Å². The minimum absolute atomic E-state index is 0.142. The molecule has 31 heavy (non-hydrogen) atoms. The van der Waals surface area contributed by atoms with Gasteiger partial charge in [-0.05, 0) is 12.8 Å². The highest BCUT2D eigenvalue weighted by Gasteiger charge is 2.45. The van der Waals surface area contributed by atoms with Crippen LogP contribution >= 0.6 is 0 Å². The first-order valence-electron chi connectivity index (χ1n) is 10.5. The number of nitrogens with one attached hydrogen (secondary N) is 2. The highest BCUT2D eigenvalue weighted by Crippen LogP contribution is 2.32. The molecule has 2 aliphatic heterocycles. The first kappa shape index (κ1) is 21.7. The van der Waals surface area contributed by atoms with Gasteiger partial charge >= 0.3 is 6.09 Å². The van der Waals surface area contributed by atoms with E-state index in [0.29, 0.717) is 36.7 Å². The second kappa shape index (κ2) is 9.73. The number of nitrogens with zero attached hydrogens (tertiary/aromatic N) is 4. The van der Waals surface area contributed by atoms with Gasteiger partial charge in [-0.3, -0.25) is 4.57 Å². The first-order chi connectivity index (χ1) is 15.1. The van der Waals surface area contributed by atoms with Crippen molar-refractivity contribution in [1.82, 2.24) is 24.8 Å². The minimum Gasteiger partial charge on any atom is -0.447 e. The largest absolute Gasteiger partial charge is 0.447 e. The summed E-state index contributed by atoms with van der Waals surface area (Å²) in [5.74, 6) is 0.566. The van der Waals surface area contributed by atoms with Crippen LogP contribution in [0.5, 0.6) is 0 Å². The smallest absolute Gasteiger partial charge is 0.407 e. The van der Waals surface area contributed by atoms with E-state index < -0.39 is 30.6 Å². The van der Waals surface area contributed by atoms with Crippen LogP contribution in [0, 0.1) is 0 Å². The Labute approximate surface area is 178 Å². The van der Waals surface area contributed by atoms with Gasteiger partial charge in [0.2, 0.25) is 0 Å². The number of alkyl carbamates (subject to hydrolysis) is 1. The van der Waals surface area contributed by atoms with Crippen molar-refractivity contribution in [1.29, 1.82) is 0 Å². The monoisotopic (exact) mass is 436 g/mol. The second-order valence-electron chi connectivity index (χ2n) is 7.68. The molecule has 2 fully saturated rings. The molecule has 0 aromatic carbocycles. The summed E-state index contributed by atoms with van der Waals surface area (Å²) in [4.78, 5) is 24.7. The van der Waals surface area contributed by atoms with Crippen LogP contribution in [0.15, 0.2) is 12.7 Å². The number of hydrogen-bond acceptors (Lipinski definition) is 10. The number of ether oxygens (including phenoxy) is 3. The molecule has 2 saturated heterocycles. The third-order valence-electron chi connectivity index (χ3n) is 5.42. The summed E-state index contributed by atoms with van der Waals surface area (Å²) in [6, 6.07) is 0.142. The summed E-state index contributed by atoms with van der Waals surface area (Å²) in [5, 5.41) is 26.9. The van der Waals surface area contributed by atoms with Gasteiger partial charge in [0.1, 0.15) is 31.2 Å². The van der Waals surface area contributed by atoms with Crippen LogP contribution in [0.3, 0.4) is 0 Å². The zero-order chi connectivity index (χ0) is 21.8. The lowest BCUT2D eigenvalue weighted by Crippen LogP contribution is -2.36. The summed E-state index contributed by atoms with van der Waals surface area (Å²) in [6.07, 6.45) is 0.661. The molecule has 170 valence electrons. The third kappa shape index (κ3) is 4.71. The number of aliphatic hydroxyl groups is 2. The lowest BCUT2D eigenvalue weighted by molar-refractivity contribution is -0.0533. The number of fused-ring (bicyclic) bond motifs is 1. The maximum Gasteiger partial charge on any atom is 0.407 e. The van der Waals surface area contributed by atoms with Crippen LogP contribution in [0.4, 0.5) is 10.6 Å². The molecule has 4 rings (SSSR count). The lowest BCUT2D eigenvalue weighted by atomic mass is 10.1. The molecule has 0 radical (unpaired) electrons. The summed E-state index contributed by atoms with van der Waals surface area (Å²) in [5.41, 5.74) is 0.973. The Morgan fingerprint density at radius 2 is 2.19 bits per heavy atom. The minimum atomic E-state index is -1.25. The number of anilines is 1. The Hall–Kier alpha value is -2.54. The lowest BCUT2D eigenvalue weighted by Gasteiger charge is -2.17. The molecule has 12 heteroatoms. The van der Waals surface area contributed by atoms with Crippen molar-refractivity contribution < 1.29 is 29.2 Å². The number of amides is 1. The fourth-order valence-corrected chi connectivity index (χ4v) is 3.66. The van der Waals surface area contributed by atoms with E-state index in [9.17, 15) is 15.0 Å². The number of rotatable bonds is 8. The summed E-state index contributed by atoms with van der Waals surface area (Å²) < 4.78 is 17.8. The van der Waals surface area contributed by atoms with Crippen molar-refractivity contribution in [2.45, 2.75) is 56.8 Å². The maximum absolute atomic E-state index is 11.7. The third-order valence-corrected chi connectivity index (χ3v) is 5.42. The number of aliphatic hydroxyl groups excluding tert-OH is 2. The van der Waals surface area contributed by atoms with E-state index in [1.807, 2.05) is 6.92 Å². The molecule has 2 aromatic rings. The van der Waals surface area contributed by atoms with E-state index in [1.54, 1.807) is 4.57 Å². The molecule has 2 aromatic heterocycles. The molecular weight excluding hydrogens is 408 g/mol. The van der Waals surface area contributed by atoms with Crippen molar-refractivity contribution in [2.24, 2.45) is 0 Å². The molecule has 12 nitrogen and oxygen atoms in total. The van der Waals surface area contributed by atoms with E-state index in [-0.39, 0.29) is 12.6 Å². The molecule has 1 amide bonds. The average molecular weight is 436 g/mol. The van der Waals surface area contributed by atoms with Crippen molar-refractivity contribution in [2.75, 3.05) is 31.7 Å². The molecule has 3 unspecified atom stereocenters. The molecule has 2 aliphatic rings. The van der Waals surface area contributed by atoms with E-state index in [1.165, 1.54) is 12.7 Å². The van der Waals surface area contributed by atoms with Gasteiger partial charge in [-0.25, -0.2) is 19.7 Å². The second-order valence-corrected chi connectivity index (χ2v) is 7.68. The van der Waals surface area contributed by atoms with Crippen LogP contribution < -0.4 is 10.6 Å². The Bertz CT molecular complexity index is 888. The van der Waals surface area contributed by atoms with Crippen molar-refractivity contribution in [3.63, 3.8) is 0 Å². The SMILES string of the molecule is CCCCNC(=O)OC[C@H]1OC(n2cnc3c(NC4CCOC4)ncnc32)C(O)[C@@H]1O. The number of carbonyl (C=O) groups excluding carboxylic acids is 1. The molecule has 4 heterocycles. The van der Waals surface area contributed by atoms with Gasteiger partial charge < -0.3 is 35.1 Å². The Morgan fingerprint density at radius 3 is 2.97 bits per heavy atom. The topological polar surface area (TPSA) is 153 Å². The number of carbonyl (C=O) groups is 1. The van der Waals surface area contributed by atoms with Crippen LogP contribution in [0.1, 0.15) is 32.4 Å². The van der Waals surface area contributed by atoms with E-state index in [4.69, 9.17) is 14.2 Å². The van der Waals surface area contributed by atoms with E-state index in [2.05, 4.69) is 25.6 Å². The summed E-state index contributed by atoms with van der Waals surface area (Å²) >= 11 is 0. The van der Waals surface area contributed by atoms with Gasteiger partial charge in [0.05, 0.1) is 19.0 Å². The van der Waals surface area contributed by atoms with Gasteiger partial charge in [-0.1, -0.05) is 13.3 Å². The molecule has 0 spiro atoms. The van der Waals surface area contributed by atoms with Crippen LogP contribution in [-0.2, 0) is 14.2 Å². The standard InChI is InChI=1S/C19H28N6O6/c1-2-3-5-20-19(28)30-8-12-14(26)15(27)18(31-12)25-10-23-13-16(21-9-22-17(13)25)24-11-4-6-29-7-11/h9-12,14-15,18,26-27H,2-8H2,1H3,(H,20,28)(H,21,22,24)/t11?,12-,14-,15?,18?/m1/s1. The predicted octanol–water partition coefficient (Wildman–Crippen LogP) is 0.173. The fourth-order valence-electron chi connectivity index (χ4n) is 3.66. The Morgan fingerprint density at radius 1 is 1.32 bits per heavy atom. The first-order valence-corrected chi connectivity index (χ1v) is 10.5. The van der Waals surface area contributed by atoms with Crippen molar-refractivity contribution >= 4 is 23.1 Å². The van der Waals surface area contributed by atoms with Gasteiger partial charge in [0.25, 0.3) is 0 Å². The van der Waals surface area contributed by atoms with Gasteiger partial charge in [-0.2, -0.15) is 0 Å². The van der Waals surface area contributed by atoms with Gasteiger partial charge in [0.15, 0.2) is 23.2 Å². The van der Waals surface area contributed by atoms with E-state index in [0.717, 1.165) is 19.3 Å². The number of aromatic nitrogens is 4. The Kier molecular flexibility index (Phi) is 6.80. The van der Waals surface area contributed by atoms with Gasteiger partial charge in [-0.15, -0.1) is 0 Å². The molecule has 0 saturated carbocycles. The Balaban J connectivity index is 1.43. The van der Waals surface area contributed by atoms with E-state index >= 15 is 0 Å². The predicted molar refractivity (Wildman–Crippen MR) is 108 cm³/mol. The average Bonchev–Trinajstić information content (AvgIpc) is 3.49. The zero-order valence-electron chi connectivity index (χ0n) is 17.3. The quantitative estimate of drug-likeness (QED) is 0.421. The number of imidazole rings is 1.